The summed E-state index contributed by atoms with van der Waals surface area (Å²) in [5, 5.41) is 2.52. The third kappa shape index (κ3) is 3.21. The van der Waals surface area contributed by atoms with E-state index in [-0.39, 0.29) is 0 Å². The maximum Gasteiger partial charge on any atom is 0.495 e. The van der Waals surface area contributed by atoms with Crippen molar-refractivity contribution in [2.24, 2.45) is 0 Å². The average molecular weight is 445 g/mol. The molecule has 0 amide bonds. The molecule has 0 radical (unpaired) electrons. The summed E-state index contributed by atoms with van der Waals surface area (Å²) < 4.78 is 15.3. The van der Waals surface area contributed by atoms with E-state index in [2.05, 4.69) is 129 Å². The van der Waals surface area contributed by atoms with Crippen LogP contribution in [0.25, 0.3) is 38.6 Å². The molecule has 0 unspecified atom stereocenters. The molecular formula is C30H28BNO2. The molecule has 6 rings (SSSR count). The van der Waals surface area contributed by atoms with Gasteiger partial charge in [-0.05, 0) is 68.6 Å². The first-order chi connectivity index (χ1) is 16.4. The second kappa shape index (κ2) is 7.59. The van der Waals surface area contributed by atoms with Crippen LogP contribution in [0.4, 0.5) is 0 Å². The van der Waals surface area contributed by atoms with Gasteiger partial charge in [-0.1, -0.05) is 72.8 Å². The number of aromatic nitrogens is 1. The van der Waals surface area contributed by atoms with Gasteiger partial charge in [0.1, 0.15) is 0 Å². The zero-order valence-electron chi connectivity index (χ0n) is 20.1. The number of benzene rings is 4. The minimum Gasteiger partial charge on any atom is -0.399 e. The molecule has 1 saturated heterocycles. The van der Waals surface area contributed by atoms with Crippen molar-refractivity contribution in [1.82, 2.24) is 4.57 Å². The highest BCUT2D eigenvalue weighted by molar-refractivity contribution is 6.64. The fourth-order valence-corrected chi connectivity index (χ4v) is 4.93. The van der Waals surface area contributed by atoms with Gasteiger partial charge in [0.25, 0.3) is 0 Å². The van der Waals surface area contributed by atoms with E-state index in [4.69, 9.17) is 9.31 Å². The number of hydrogen-bond donors (Lipinski definition) is 0. The van der Waals surface area contributed by atoms with Crippen LogP contribution in [-0.2, 0) is 9.31 Å². The molecule has 34 heavy (non-hydrogen) atoms. The van der Waals surface area contributed by atoms with Crippen LogP contribution in [0.15, 0.2) is 97.1 Å². The third-order valence-corrected chi connectivity index (χ3v) is 7.47. The van der Waals surface area contributed by atoms with Gasteiger partial charge in [0.05, 0.1) is 22.2 Å². The summed E-state index contributed by atoms with van der Waals surface area (Å²) in [6, 6.07) is 34.4. The Labute approximate surface area is 201 Å². The van der Waals surface area contributed by atoms with E-state index in [1.807, 2.05) is 0 Å². The number of rotatable bonds is 3. The zero-order chi connectivity index (χ0) is 23.5. The quantitative estimate of drug-likeness (QED) is 0.287. The van der Waals surface area contributed by atoms with Gasteiger partial charge in [-0.3, -0.25) is 0 Å². The summed E-state index contributed by atoms with van der Waals surface area (Å²) in [6.07, 6.45) is 0. The average Bonchev–Trinajstić information content (AvgIpc) is 3.29. The summed E-state index contributed by atoms with van der Waals surface area (Å²) >= 11 is 0. The Kier molecular flexibility index (Phi) is 4.74. The number of hydrogen-bond acceptors (Lipinski definition) is 2. The van der Waals surface area contributed by atoms with Gasteiger partial charge in [-0.25, -0.2) is 0 Å². The van der Waals surface area contributed by atoms with E-state index < -0.39 is 18.3 Å². The highest BCUT2D eigenvalue weighted by atomic mass is 16.7. The van der Waals surface area contributed by atoms with Crippen molar-refractivity contribution < 1.29 is 9.31 Å². The fraction of sp³-hybridized carbons (Fsp3) is 0.200. The maximum absolute atomic E-state index is 6.45. The Bertz CT molecular complexity index is 1450. The van der Waals surface area contributed by atoms with E-state index in [1.165, 1.54) is 21.8 Å². The van der Waals surface area contributed by atoms with Crippen LogP contribution in [0.3, 0.4) is 0 Å². The van der Waals surface area contributed by atoms with Crippen molar-refractivity contribution in [2.45, 2.75) is 38.9 Å². The lowest BCUT2D eigenvalue weighted by Crippen LogP contribution is -2.41. The van der Waals surface area contributed by atoms with Crippen molar-refractivity contribution in [1.29, 1.82) is 0 Å². The van der Waals surface area contributed by atoms with Crippen molar-refractivity contribution in [3.05, 3.63) is 97.1 Å². The molecule has 0 bridgehead atoms. The summed E-state index contributed by atoms with van der Waals surface area (Å²) in [5.74, 6) is 0. The molecule has 1 aliphatic heterocycles. The van der Waals surface area contributed by atoms with E-state index in [9.17, 15) is 0 Å². The number of fused-ring (bicyclic) bond motifs is 3. The summed E-state index contributed by atoms with van der Waals surface area (Å²) in [6.45, 7) is 8.40. The molecule has 5 aromatic rings. The van der Waals surface area contributed by atoms with E-state index in [0.29, 0.717) is 0 Å². The van der Waals surface area contributed by atoms with Gasteiger partial charge in [0, 0.05) is 16.5 Å². The minimum atomic E-state index is -0.424. The predicted molar refractivity (Wildman–Crippen MR) is 142 cm³/mol. The third-order valence-electron chi connectivity index (χ3n) is 7.47. The van der Waals surface area contributed by atoms with Gasteiger partial charge in [-0.15, -0.1) is 0 Å². The minimum absolute atomic E-state index is 0.392. The van der Waals surface area contributed by atoms with Gasteiger partial charge in [0.2, 0.25) is 0 Å². The SMILES string of the molecule is CC1(C)OB(c2ccc(-n3c4ccccc4c4ccccc43)cc2-c2ccccc2)OC1(C)C. The van der Waals surface area contributed by atoms with E-state index >= 15 is 0 Å². The maximum atomic E-state index is 6.45. The zero-order valence-corrected chi connectivity index (χ0v) is 20.1. The van der Waals surface area contributed by atoms with Crippen molar-refractivity contribution in [3.63, 3.8) is 0 Å². The normalized spacial score (nSPS) is 17.0. The Balaban J connectivity index is 1.58. The molecule has 168 valence electrons. The molecule has 0 saturated carbocycles. The van der Waals surface area contributed by atoms with Crippen molar-refractivity contribution in [2.75, 3.05) is 0 Å². The molecular weight excluding hydrogens is 417 g/mol. The molecule has 1 aromatic heterocycles. The lowest BCUT2D eigenvalue weighted by Gasteiger charge is -2.32. The molecule has 4 aromatic carbocycles. The highest BCUT2D eigenvalue weighted by Gasteiger charge is 2.52. The van der Waals surface area contributed by atoms with Crippen LogP contribution in [0, 0.1) is 0 Å². The van der Waals surface area contributed by atoms with Gasteiger partial charge < -0.3 is 13.9 Å². The first kappa shape index (κ1) is 21.2. The summed E-state index contributed by atoms with van der Waals surface area (Å²) in [5.41, 5.74) is 6.06. The summed E-state index contributed by atoms with van der Waals surface area (Å²) in [4.78, 5) is 0. The van der Waals surface area contributed by atoms with Crippen molar-refractivity contribution >= 4 is 34.4 Å². The van der Waals surface area contributed by atoms with Gasteiger partial charge in [-0.2, -0.15) is 0 Å². The lowest BCUT2D eigenvalue weighted by atomic mass is 9.74. The van der Waals surface area contributed by atoms with Gasteiger partial charge in [0.15, 0.2) is 0 Å². The summed E-state index contributed by atoms with van der Waals surface area (Å²) in [7, 11) is -0.424. The van der Waals surface area contributed by atoms with Crippen LogP contribution in [0.1, 0.15) is 27.7 Å². The topological polar surface area (TPSA) is 23.4 Å². The van der Waals surface area contributed by atoms with Crippen LogP contribution in [0.2, 0.25) is 0 Å². The lowest BCUT2D eigenvalue weighted by molar-refractivity contribution is 0.00578. The van der Waals surface area contributed by atoms with Gasteiger partial charge >= 0.3 is 7.12 Å². The second-order valence-electron chi connectivity index (χ2n) is 10.1. The molecule has 3 nitrogen and oxygen atoms in total. The number of para-hydroxylation sites is 2. The fourth-order valence-electron chi connectivity index (χ4n) is 4.93. The Morgan fingerprint density at radius 1 is 0.618 bits per heavy atom. The largest absolute Gasteiger partial charge is 0.495 e. The second-order valence-corrected chi connectivity index (χ2v) is 10.1. The molecule has 1 fully saturated rings. The molecule has 0 N–H and O–H groups in total. The van der Waals surface area contributed by atoms with E-state index in [1.54, 1.807) is 0 Å². The van der Waals surface area contributed by atoms with Crippen LogP contribution in [-0.4, -0.2) is 22.9 Å². The monoisotopic (exact) mass is 445 g/mol. The number of nitrogens with zero attached hydrogens (tertiary/aromatic N) is 1. The Morgan fingerprint density at radius 3 is 1.74 bits per heavy atom. The molecule has 1 aliphatic rings. The van der Waals surface area contributed by atoms with E-state index in [0.717, 1.165) is 22.3 Å². The van der Waals surface area contributed by atoms with Crippen molar-refractivity contribution in [3.8, 4) is 16.8 Å². The Hall–Kier alpha value is -3.34. The Morgan fingerprint density at radius 2 is 1.15 bits per heavy atom. The predicted octanol–water partition coefficient (Wildman–Crippen LogP) is 6.75. The smallest absolute Gasteiger partial charge is 0.399 e. The first-order valence-electron chi connectivity index (χ1n) is 11.9. The highest BCUT2D eigenvalue weighted by Crippen LogP contribution is 2.38. The molecule has 2 heterocycles. The van der Waals surface area contributed by atoms with Crippen LogP contribution >= 0.6 is 0 Å². The molecule has 4 heteroatoms. The molecule has 0 atom stereocenters. The van der Waals surface area contributed by atoms with Crippen LogP contribution in [0.5, 0.6) is 0 Å². The first-order valence-corrected chi connectivity index (χ1v) is 11.9. The standard InChI is InChI=1S/C30H28BNO2/c1-29(2)30(3,4)34-31(33-29)26-19-18-22(20-25(26)21-12-6-5-7-13-21)32-27-16-10-8-14-23(27)24-15-9-11-17-28(24)32/h5-20H,1-4H3. The van der Waals surface area contributed by atoms with Crippen LogP contribution < -0.4 is 5.46 Å². The molecule has 0 aliphatic carbocycles. The molecule has 0 spiro atoms.